The summed E-state index contributed by atoms with van der Waals surface area (Å²) in [6, 6.07) is 14.3. The molecule has 0 atom stereocenters. The van der Waals surface area contributed by atoms with Crippen LogP contribution in [0, 0.1) is 12.3 Å². The predicted octanol–water partition coefficient (Wildman–Crippen LogP) is 6.82. The standard InChI is InChI=1S/C34H45N3O5S/c1-10-28-26(19-30(38)36-24-12-11-13-25(18-24)43(9,40)41)31(23-16-14-22(2)15-17-23)27(29(37-28)20-33(3,4)5)21-35-32(39)42-34(6,7)8/h11-18H,10,19-21H2,1-9H3,(H,35,39)(H,36,38). The van der Waals surface area contributed by atoms with Gasteiger partial charge in [-0.3, -0.25) is 9.78 Å². The highest BCUT2D eigenvalue weighted by molar-refractivity contribution is 7.90. The van der Waals surface area contributed by atoms with Gasteiger partial charge in [0.25, 0.3) is 0 Å². The van der Waals surface area contributed by atoms with Crippen molar-refractivity contribution in [2.24, 2.45) is 5.41 Å². The second-order valence-corrected chi connectivity index (χ2v) is 15.2. The Balaban J connectivity index is 2.17. The van der Waals surface area contributed by atoms with E-state index in [2.05, 4.69) is 31.4 Å². The van der Waals surface area contributed by atoms with Crippen molar-refractivity contribution in [3.63, 3.8) is 0 Å². The van der Waals surface area contributed by atoms with Gasteiger partial charge in [0, 0.05) is 35.4 Å². The molecule has 1 heterocycles. The van der Waals surface area contributed by atoms with Gasteiger partial charge >= 0.3 is 6.09 Å². The van der Waals surface area contributed by atoms with Gasteiger partial charge in [-0.05, 0) is 80.8 Å². The lowest BCUT2D eigenvalue weighted by molar-refractivity contribution is -0.115. The van der Waals surface area contributed by atoms with Crippen LogP contribution in [0.2, 0.25) is 0 Å². The molecule has 8 nitrogen and oxygen atoms in total. The van der Waals surface area contributed by atoms with Crippen LogP contribution in [0.1, 0.15) is 76.5 Å². The largest absolute Gasteiger partial charge is 0.444 e. The summed E-state index contributed by atoms with van der Waals surface area (Å²) in [5.74, 6) is -0.301. The van der Waals surface area contributed by atoms with Crippen LogP contribution in [0.3, 0.4) is 0 Å². The van der Waals surface area contributed by atoms with Gasteiger partial charge in [0.2, 0.25) is 5.91 Å². The van der Waals surface area contributed by atoms with Crippen molar-refractivity contribution in [2.45, 2.75) is 91.7 Å². The van der Waals surface area contributed by atoms with Crippen molar-refractivity contribution >= 4 is 27.5 Å². The minimum absolute atomic E-state index is 0.0116. The zero-order valence-corrected chi connectivity index (χ0v) is 27.7. The van der Waals surface area contributed by atoms with E-state index in [1.54, 1.807) is 12.1 Å². The van der Waals surface area contributed by atoms with Crippen LogP contribution in [-0.4, -0.2) is 37.3 Å². The molecule has 0 radical (unpaired) electrons. The number of anilines is 1. The fraction of sp³-hybridized carbons (Fsp3) is 0.441. The van der Waals surface area contributed by atoms with Crippen molar-refractivity contribution in [3.8, 4) is 11.1 Å². The topological polar surface area (TPSA) is 114 Å². The Labute approximate surface area is 256 Å². The molecular weight excluding hydrogens is 562 g/mol. The molecule has 0 aliphatic carbocycles. The smallest absolute Gasteiger partial charge is 0.407 e. The third kappa shape index (κ3) is 9.92. The van der Waals surface area contributed by atoms with E-state index in [-0.39, 0.29) is 29.2 Å². The summed E-state index contributed by atoms with van der Waals surface area (Å²) in [5, 5.41) is 5.79. The Morgan fingerprint density at radius 3 is 2.14 bits per heavy atom. The molecule has 43 heavy (non-hydrogen) atoms. The highest BCUT2D eigenvalue weighted by Gasteiger charge is 2.26. The van der Waals surface area contributed by atoms with Gasteiger partial charge in [0.1, 0.15) is 5.60 Å². The second kappa shape index (κ2) is 13.3. The van der Waals surface area contributed by atoms with Gasteiger partial charge in [0.05, 0.1) is 11.3 Å². The van der Waals surface area contributed by atoms with Crippen molar-refractivity contribution in [3.05, 3.63) is 76.6 Å². The van der Waals surface area contributed by atoms with E-state index in [4.69, 9.17) is 9.72 Å². The SMILES string of the molecule is CCc1nc(CC(C)(C)C)c(CNC(=O)OC(C)(C)C)c(-c2ccc(C)cc2)c1CC(=O)Nc1cccc(S(C)(=O)=O)c1. The molecule has 0 unspecified atom stereocenters. The Hall–Kier alpha value is -3.72. The molecule has 9 heteroatoms. The minimum atomic E-state index is -3.43. The molecule has 1 aromatic heterocycles. The van der Waals surface area contributed by atoms with Crippen molar-refractivity contribution < 1.29 is 22.7 Å². The quantitative estimate of drug-likeness (QED) is 0.276. The summed E-state index contributed by atoms with van der Waals surface area (Å²) in [7, 11) is -3.43. The number of benzene rings is 2. The molecule has 0 aliphatic heterocycles. The van der Waals surface area contributed by atoms with Crippen molar-refractivity contribution in [2.75, 3.05) is 11.6 Å². The number of rotatable bonds is 9. The lowest BCUT2D eigenvalue weighted by Gasteiger charge is -2.26. The summed E-state index contributed by atoms with van der Waals surface area (Å²) in [6.45, 7) is 16.1. The number of carbonyl (C=O) groups is 2. The molecule has 0 spiro atoms. The number of sulfone groups is 1. The number of ether oxygens (including phenoxy) is 1. The summed E-state index contributed by atoms with van der Waals surface area (Å²) >= 11 is 0. The first-order chi connectivity index (χ1) is 19.9. The lowest BCUT2D eigenvalue weighted by atomic mass is 9.84. The van der Waals surface area contributed by atoms with Gasteiger partial charge < -0.3 is 15.4 Å². The molecular formula is C34H45N3O5S. The molecule has 2 N–H and O–H groups in total. The fourth-order valence-electron chi connectivity index (χ4n) is 4.80. The van der Waals surface area contributed by atoms with Gasteiger partial charge in [-0.25, -0.2) is 13.2 Å². The molecule has 0 saturated heterocycles. The zero-order valence-electron chi connectivity index (χ0n) is 26.8. The fourth-order valence-corrected chi connectivity index (χ4v) is 5.47. The van der Waals surface area contributed by atoms with Gasteiger partial charge in [0.15, 0.2) is 9.84 Å². The summed E-state index contributed by atoms with van der Waals surface area (Å²) in [4.78, 5) is 31.5. The monoisotopic (exact) mass is 607 g/mol. The highest BCUT2D eigenvalue weighted by atomic mass is 32.2. The summed E-state index contributed by atoms with van der Waals surface area (Å²) in [6.07, 6.45) is 1.87. The summed E-state index contributed by atoms with van der Waals surface area (Å²) in [5.41, 5.74) is 5.80. The molecule has 3 rings (SSSR count). The third-order valence-electron chi connectivity index (χ3n) is 6.63. The first-order valence-corrected chi connectivity index (χ1v) is 16.4. The predicted molar refractivity (Wildman–Crippen MR) is 172 cm³/mol. The van der Waals surface area contributed by atoms with E-state index in [1.165, 1.54) is 12.1 Å². The Kier molecular flexibility index (Phi) is 10.4. The maximum atomic E-state index is 13.5. The zero-order chi connectivity index (χ0) is 32.2. The molecule has 2 amide bonds. The molecule has 0 aliphatic rings. The molecule has 0 saturated carbocycles. The number of nitrogens with one attached hydrogen (secondary N) is 2. The number of nitrogens with zero attached hydrogens (tertiary/aromatic N) is 1. The molecule has 2 aromatic carbocycles. The Morgan fingerprint density at radius 2 is 1.58 bits per heavy atom. The van der Waals surface area contributed by atoms with E-state index < -0.39 is 21.5 Å². The van der Waals surface area contributed by atoms with Crippen LogP contribution in [-0.2, 0) is 45.2 Å². The maximum Gasteiger partial charge on any atom is 0.407 e. The molecule has 0 bridgehead atoms. The number of alkyl carbamates (subject to hydrolysis) is 1. The normalized spacial score (nSPS) is 12.1. The number of amides is 2. The Morgan fingerprint density at radius 1 is 0.930 bits per heavy atom. The van der Waals surface area contributed by atoms with Gasteiger partial charge in [-0.2, -0.15) is 0 Å². The first kappa shape index (κ1) is 33.8. The number of aromatic nitrogens is 1. The average Bonchev–Trinajstić information content (AvgIpc) is 2.86. The van der Waals surface area contributed by atoms with E-state index in [1.807, 2.05) is 58.9 Å². The molecule has 3 aromatic rings. The van der Waals surface area contributed by atoms with Gasteiger partial charge in [-0.1, -0.05) is 63.6 Å². The van der Waals surface area contributed by atoms with Crippen molar-refractivity contribution in [1.82, 2.24) is 10.3 Å². The molecule has 0 fully saturated rings. The molecule has 232 valence electrons. The third-order valence-corrected chi connectivity index (χ3v) is 7.74. The maximum absolute atomic E-state index is 13.5. The summed E-state index contributed by atoms with van der Waals surface area (Å²) < 4.78 is 29.7. The van der Waals surface area contributed by atoms with Crippen LogP contribution in [0.25, 0.3) is 11.1 Å². The average molecular weight is 608 g/mol. The van der Waals surface area contributed by atoms with Crippen LogP contribution in [0.5, 0.6) is 0 Å². The number of hydrogen-bond acceptors (Lipinski definition) is 6. The minimum Gasteiger partial charge on any atom is -0.444 e. The number of carbonyl (C=O) groups excluding carboxylic acids is 2. The van der Waals surface area contributed by atoms with E-state index in [9.17, 15) is 18.0 Å². The van der Waals surface area contributed by atoms with Crippen LogP contribution >= 0.6 is 0 Å². The van der Waals surface area contributed by atoms with Crippen molar-refractivity contribution in [1.29, 1.82) is 0 Å². The second-order valence-electron chi connectivity index (χ2n) is 13.2. The lowest BCUT2D eigenvalue weighted by Crippen LogP contribution is -2.33. The van der Waals surface area contributed by atoms with Gasteiger partial charge in [-0.15, -0.1) is 0 Å². The van der Waals surface area contributed by atoms with Crippen LogP contribution in [0.15, 0.2) is 53.4 Å². The van der Waals surface area contributed by atoms with E-state index >= 15 is 0 Å². The first-order valence-electron chi connectivity index (χ1n) is 14.5. The number of pyridine rings is 1. The highest BCUT2D eigenvalue weighted by Crippen LogP contribution is 2.35. The van der Waals surface area contributed by atoms with E-state index in [0.717, 1.165) is 45.5 Å². The number of hydrogen-bond donors (Lipinski definition) is 2. The number of aryl methyl sites for hydroxylation is 2. The van der Waals surface area contributed by atoms with Crippen LogP contribution < -0.4 is 10.6 Å². The van der Waals surface area contributed by atoms with Crippen LogP contribution in [0.4, 0.5) is 10.5 Å². The van der Waals surface area contributed by atoms with E-state index in [0.29, 0.717) is 18.5 Å². The Bertz CT molecular complexity index is 1580.